The number of rotatable bonds is 4. The van der Waals surface area contributed by atoms with Gasteiger partial charge in [-0.3, -0.25) is 9.59 Å². The van der Waals surface area contributed by atoms with Gasteiger partial charge in [-0.05, 0) is 54.0 Å². The molecule has 0 radical (unpaired) electrons. The largest absolute Gasteiger partial charge is 0.352 e. The van der Waals surface area contributed by atoms with Gasteiger partial charge in [-0.25, -0.2) is 4.39 Å². The van der Waals surface area contributed by atoms with Crippen LogP contribution in [0.25, 0.3) is 0 Å². The molecular weight excluding hydrogens is 367 g/mol. The third kappa shape index (κ3) is 5.22. The molecule has 1 aliphatic heterocycles. The summed E-state index contributed by atoms with van der Waals surface area (Å²) in [4.78, 5) is 26.6. The number of halogens is 1. The Labute approximate surface area is 172 Å². The molecule has 1 aliphatic rings. The molecule has 154 valence electrons. The minimum Gasteiger partial charge on any atom is -0.352 e. The first-order valence-electron chi connectivity index (χ1n) is 10.2. The maximum atomic E-state index is 13.8. The summed E-state index contributed by atoms with van der Waals surface area (Å²) in [6.07, 6.45) is 1.59. The molecule has 4 nitrogen and oxygen atoms in total. The molecule has 0 saturated carbocycles. The van der Waals surface area contributed by atoms with Gasteiger partial charge < -0.3 is 10.2 Å². The number of nitrogens with zero attached hydrogens (tertiary/aromatic N) is 1. The van der Waals surface area contributed by atoms with Crippen molar-refractivity contribution in [1.82, 2.24) is 10.2 Å². The van der Waals surface area contributed by atoms with E-state index in [-0.39, 0.29) is 22.8 Å². The fraction of sp³-hybridized carbons (Fsp3) is 0.417. The minimum atomic E-state index is -0.482. The molecule has 0 spiro atoms. The Hall–Kier alpha value is -2.69. The highest BCUT2D eigenvalue weighted by atomic mass is 19.1. The van der Waals surface area contributed by atoms with Gasteiger partial charge in [0.1, 0.15) is 5.82 Å². The van der Waals surface area contributed by atoms with Gasteiger partial charge in [-0.2, -0.15) is 0 Å². The number of hydrogen-bond acceptors (Lipinski definition) is 2. The molecule has 3 rings (SSSR count). The van der Waals surface area contributed by atoms with Crippen molar-refractivity contribution in [3.63, 3.8) is 0 Å². The van der Waals surface area contributed by atoms with E-state index in [9.17, 15) is 14.0 Å². The number of carbonyl (C=O) groups is 2. The second-order valence-corrected chi connectivity index (χ2v) is 8.75. The van der Waals surface area contributed by atoms with Crippen LogP contribution in [0.15, 0.2) is 48.5 Å². The average molecular weight is 397 g/mol. The number of hydrogen-bond donors (Lipinski definition) is 1. The molecule has 2 amide bonds. The highest BCUT2D eigenvalue weighted by molar-refractivity contribution is 5.95. The van der Waals surface area contributed by atoms with E-state index in [2.05, 4.69) is 26.1 Å². The maximum absolute atomic E-state index is 13.8. The van der Waals surface area contributed by atoms with Gasteiger partial charge in [-0.15, -0.1) is 0 Å². The van der Waals surface area contributed by atoms with Crippen molar-refractivity contribution in [3.05, 3.63) is 71.0 Å². The standard InChI is InChI=1S/C24H29FN2O2/c1-24(2,3)19-10-8-18(9-11-19)22(28)26-16-17-12-14-27(15-13-17)23(29)20-6-4-5-7-21(20)25/h4-11,17H,12-16H2,1-3H3,(H,26,28). The van der Waals surface area contributed by atoms with Crippen molar-refractivity contribution < 1.29 is 14.0 Å². The molecule has 0 unspecified atom stereocenters. The zero-order chi connectivity index (χ0) is 21.0. The van der Waals surface area contributed by atoms with E-state index in [1.807, 2.05) is 24.3 Å². The van der Waals surface area contributed by atoms with Crippen LogP contribution in [0.5, 0.6) is 0 Å². The van der Waals surface area contributed by atoms with Crippen LogP contribution in [0.1, 0.15) is 59.9 Å². The van der Waals surface area contributed by atoms with Crippen LogP contribution in [-0.2, 0) is 5.41 Å². The second-order valence-electron chi connectivity index (χ2n) is 8.75. The second kappa shape index (κ2) is 8.76. The summed E-state index contributed by atoms with van der Waals surface area (Å²) in [5.41, 5.74) is 2.03. The Morgan fingerprint density at radius 3 is 2.24 bits per heavy atom. The molecular formula is C24H29FN2O2. The topological polar surface area (TPSA) is 49.4 Å². The summed E-state index contributed by atoms with van der Waals surface area (Å²) >= 11 is 0. The molecule has 0 aromatic heterocycles. The van der Waals surface area contributed by atoms with E-state index in [0.717, 1.165) is 12.8 Å². The van der Waals surface area contributed by atoms with E-state index < -0.39 is 5.82 Å². The van der Waals surface area contributed by atoms with E-state index in [1.54, 1.807) is 17.0 Å². The SMILES string of the molecule is CC(C)(C)c1ccc(C(=O)NCC2CCN(C(=O)c3ccccc3F)CC2)cc1. The molecule has 2 aromatic carbocycles. The van der Waals surface area contributed by atoms with Crippen LogP contribution >= 0.6 is 0 Å². The Kier molecular flexibility index (Phi) is 6.36. The predicted molar refractivity (Wildman–Crippen MR) is 113 cm³/mol. The van der Waals surface area contributed by atoms with Gasteiger partial charge in [0.2, 0.25) is 0 Å². The molecule has 1 saturated heterocycles. The number of piperidine rings is 1. The first-order chi connectivity index (χ1) is 13.8. The first-order valence-corrected chi connectivity index (χ1v) is 10.2. The van der Waals surface area contributed by atoms with Gasteiger partial charge in [0, 0.05) is 25.2 Å². The molecule has 5 heteroatoms. The lowest BCUT2D eigenvalue weighted by atomic mass is 9.86. The highest BCUT2D eigenvalue weighted by Crippen LogP contribution is 2.23. The minimum absolute atomic E-state index is 0.0586. The Bertz CT molecular complexity index is 863. The van der Waals surface area contributed by atoms with Gasteiger partial charge in [0.05, 0.1) is 5.56 Å². The number of carbonyl (C=O) groups excluding carboxylic acids is 2. The Morgan fingerprint density at radius 2 is 1.66 bits per heavy atom. The lowest BCUT2D eigenvalue weighted by molar-refractivity contribution is 0.0679. The quantitative estimate of drug-likeness (QED) is 0.832. The zero-order valence-electron chi connectivity index (χ0n) is 17.4. The fourth-order valence-corrected chi connectivity index (χ4v) is 3.61. The van der Waals surface area contributed by atoms with E-state index >= 15 is 0 Å². The van der Waals surface area contributed by atoms with Crippen LogP contribution in [0.2, 0.25) is 0 Å². The van der Waals surface area contributed by atoms with Crippen LogP contribution in [-0.4, -0.2) is 36.3 Å². The smallest absolute Gasteiger partial charge is 0.256 e. The van der Waals surface area contributed by atoms with Crippen LogP contribution < -0.4 is 5.32 Å². The van der Waals surface area contributed by atoms with E-state index in [0.29, 0.717) is 31.1 Å². The molecule has 29 heavy (non-hydrogen) atoms. The van der Waals surface area contributed by atoms with Gasteiger partial charge >= 0.3 is 0 Å². The Morgan fingerprint density at radius 1 is 1.03 bits per heavy atom. The molecule has 0 atom stereocenters. The zero-order valence-corrected chi connectivity index (χ0v) is 17.4. The van der Waals surface area contributed by atoms with Crippen molar-refractivity contribution >= 4 is 11.8 Å². The summed E-state index contributed by atoms with van der Waals surface area (Å²) in [7, 11) is 0. The Balaban J connectivity index is 1.48. The summed E-state index contributed by atoms with van der Waals surface area (Å²) in [6.45, 7) is 8.17. The summed E-state index contributed by atoms with van der Waals surface area (Å²) in [6, 6.07) is 13.8. The van der Waals surface area contributed by atoms with Crippen molar-refractivity contribution in [3.8, 4) is 0 Å². The number of likely N-dealkylation sites (tertiary alicyclic amines) is 1. The lowest BCUT2D eigenvalue weighted by Gasteiger charge is -2.32. The number of benzene rings is 2. The fourth-order valence-electron chi connectivity index (χ4n) is 3.61. The number of amides is 2. The van der Waals surface area contributed by atoms with Crippen LogP contribution in [0, 0.1) is 11.7 Å². The van der Waals surface area contributed by atoms with Crippen molar-refractivity contribution in [1.29, 1.82) is 0 Å². The third-order valence-corrected chi connectivity index (χ3v) is 5.57. The summed E-state index contributed by atoms with van der Waals surface area (Å²) in [5, 5.41) is 3.01. The molecule has 0 bridgehead atoms. The van der Waals surface area contributed by atoms with Gasteiger partial charge in [0.15, 0.2) is 0 Å². The van der Waals surface area contributed by atoms with Crippen molar-refractivity contribution in [2.45, 2.75) is 39.0 Å². The van der Waals surface area contributed by atoms with Crippen LogP contribution in [0.3, 0.4) is 0 Å². The number of nitrogens with one attached hydrogen (secondary N) is 1. The van der Waals surface area contributed by atoms with Crippen molar-refractivity contribution in [2.75, 3.05) is 19.6 Å². The highest BCUT2D eigenvalue weighted by Gasteiger charge is 2.25. The maximum Gasteiger partial charge on any atom is 0.256 e. The van der Waals surface area contributed by atoms with Gasteiger partial charge in [-0.1, -0.05) is 45.0 Å². The van der Waals surface area contributed by atoms with E-state index in [4.69, 9.17) is 0 Å². The monoisotopic (exact) mass is 396 g/mol. The average Bonchev–Trinajstić information content (AvgIpc) is 2.72. The molecule has 0 aliphatic carbocycles. The summed E-state index contributed by atoms with van der Waals surface area (Å²) in [5.74, 6) is -0.498. The first kappa shape index (κ1) is 21.0. The predicted octanol–water partition coefficient (Wildman–Crippen LogP) is 4.41. The lowest BCUT2D eigenvalue weighted by Crippen LogP contribution is -2.41. The van der Waals surface area contributed by atoms with Gasteiger partial charge in [0.25, 0.3) is 11.8 Å². The molecule has 2 aromatic rings. The van der Waals surface area contributed by atoms with Crippen LogP contribution in [0.4, 0.5) is 4.39 Å². The van der Waals surface area contributed by atoms with E-state index in [1.165, 1.54) is 17.7 Å². The van der Waals surface area contributed by atoms with Crippen molar-refractivity contribution in [2.24, 2.45) is 5.92 Å². The third-order valence-electron chi connectivity index (χ3n) is 5.57. The molecule has 1 fully saturated rings. The molecule has 1 N–H and O–H groups in total. The molecule has 1 heterocycles. The summed E-state index contributed by atoms with van der Waals surface area (Å²) < 4.78 is 13.8. The normalized spacial score (nSPS) is 15.2.